The highest BCUT2D eigenvalue weighted by atomic mass is 35.5. The quantitative estimate of drug-likeness (QED) is 0.531. The van der Waals surface area contributed by atoms with Crippen molar-refractivity contribution in [2.75, 3.05) is 20.3 Å². The van der Waals surface area contributed by atoms with Gasteiger partial charge in [0.1, 0.15) is 30.4 Å². The molecule has 2 heterocycles. The van der Waals surface area contributed by atoms with Crippen molar-refractivity contribution in [3.63, 3.8) is 0 Å². The number of halogens is 2. The Balaban J connectivity index is 2.24. The van der Waals surface area contributed by atoms with Gasteiger partial charge in [-0.3, -0.25) is 4.79 Å². The number of rotatable bonds is 6. The fourth-order valence-corrected chi connectivity index (χ4v) is 3.20. The molecule has 0 bridgehead atoms. The van der Waals surface area contributed by atoms with E-state index >= 15 is 0 Å². The summed E-state index contributed by atoms with van der Waals surface area (Å²) in [4.78, 5) is 25.1. The fraction of sp³-hybridized carbons (Fsp3) is 0.263. The molecule has 1 aromatic carbocycles. The number of aliphatic hydroxyl groups excluding tert-OH is 1. The largest absolute Gasteiger partial charge is 0.460 e. The van der Waals surface area contributed by atoms with Crippen molar-refractivity contribution in [2.45, 2.75) is 12.5 Å². The summed E-state index contributed by atoms with van der Waals surface area (Å²) >= 11 is 6.20. The SMILES string of the molecule is COCCOC(=O)C1=C(N)Oc2c(oc(CO)cc2=O)[C@@H]1c1c(F)cccc1Cl. The van der Waals surface area contributed by atoms with Crippen LogP contribution in [0.5, 0.6) is 5.75 Å². The average Bonchev–Trinajstić information content (AvgIpc) is 2.68. The summed E-state index contributed by atoms with van der Waals surface area (Å²) in [5, 5.41) is 9.35. The van der Waals surface area contributed by atoms with Gasteiger partial charge in [-0.15, -0.1) is 0 Å². The smallest absolute Gasteiger partial charge is 0.340 e. The van der Waals surface area contributed by atoms with Gasteiger partial charge in [-0.1, -0.05) is 17.7 Å². The Bertz CT molecular complexity index is 1010. The highest BCUT2D eigenvalue weighted by Crippen LogP contribution is 2.44. The van der Waals surface area contributed by atoms with Crippen LogP contribution in [0.3, 0.4) is 0 Å². The molecule has 1 aliphatic heterocycles. The van der Waals surface area contributed by atoms with E-state index in [0.29, 0.717) is 0 Å². The number of hydrogen-bond donors (Lipinski definition) is 2. The van der Waals surface area contributed by atoms with Crippen LogP contribution in [0.15, 0.2) is 44.9 Å². The molecule has 154 valence electrons. The number of aliphatic hydroxyl groups is 1. The van der Waals surface area contributed by atoms with E-state index in [4.69, 9.17) is 36.0 Å². The molecule has 1 aliphatic rings. The van der Waals surface area contributed by atoms with Gasteiger partial charge in [-0.2, -0.15) is 0 Å². The zero-order chi connectivity index (χ0) is 21.1. The third-order valence-electron chi connectivity index (χ3n) is 4.19. The molecule has 2 aromatic rings. The molecule has 0 unspecified atom stereocenters. The molecule has 0 spiro atoms. The van der Waals surface area contributed by atoms with Crippen molar-refractivity contribution in [2.24, 2.45) is 5.73 Å². The maximum atomic E-state index is 14.8. The maximum Gasteiger partial charge on any atom is 0.340 e. The van der Waals surface area contributed by atoms with Crippen LogP contribution in [-0.4, -0.2) is 31.4 Å². The third kappa shape index (κ3) is 3.98. The molecule has 0 saturated carbocycles. The van der Waals surface area contributed by atoms with Crippen LogP contribution in [0.2, 0.25) is 5.02 Å². The molecule has 3 N–H and O–H groups in total. The number of ether oxygens (including phenoxy) is 3. The predicted molar refractivity (Wildman–Crippen MR) is 98.8 cm³/mol. The van der Waals surface area contributed by atoms with Crippen LogP contribution < -0.4 is 15.9 Å². The molecule has 0 aliphatic carbocycles. The standard InChI is InChI=1S/C19H17ClFNO7/c1-26-5-6-27-19(25)15-14(13-10(20)3-2-4-11(13)21)17-16(29-18(15)22)12(24)7-9(8-23)28-17/h2-4,7,14,23H,5-6,8,22H2,1H3/t14-/m1/s1. The first-order valence-corrected chi connectivity index (χ1v) is 8.82. The zero-order valence-electron chi connectivity index (χ0n) is 15.2. The lowest BCUT2D eigenvalue weighted by molar-refractivity contribution is -0.140. The summed E-state index contributed by atoms with van der Waals surface area (Å²) in [6.07, 6.45) is 0. The topological polar surface area (TPSA) is 121 Å². The first kappa shape index (κ1) is 20.8. The van der Waals surface area contributed by atoms with E-state index in [0.717, 1.165) is 12.1 Å². The van der Waals surface area contributed by atoms with Crippen LogP contribution in [0.1, 0.15) is 23.0 Å². The zero-order valence-corrected chi connectivity index (χ0v) is 16.0. The molecule has 0 amide bonds. The minimum atomic E-state index is -1.33. The highest BCUT2D eigenvalue weighted by molar-refractivity contribution is 6.31. The summed E-state index contributed by atoms with van der Waals surface area (Å²) in [7, 11) is 1.43. The lowest BCUT2D eigenvalue weighted by Crippen LogP contribution is -2.31. The Morgan fingerprint density at radius 1 is 1.38 bits per heavy atom. The predicted octanol–water partition coefficient (Wildman–Crippen LogP) is 1.81. The Hall–Kier alpha value is -2.88. The normalized spacial score (nSPS) is 15.7. The molecule has 1 atom stereocenters. The molecule has 1 aromatic heterocycles. The number of benzene rings is 1. The summed E-state index contributed by atoms with van der Waals surface area (Å²) in [6.45, 7) is -0.588. The van der Waals surface area contributed by atoms with Gasteiger partial charge < -0.3 is 29.5 Å². The van der Waals surface area contributed by atoms with Crippen molar-refractivity contribution >= 4 is 17.6 Å². The lowest BCUT2D eigenvalue weighted by atomic mass is 9.86. The van der Waals surface area contributed by atoms with Gasteiger partial charge in [-0.05, 0) is 12.1 Å². The maximum absolute atomic E-state index is 14.8. The summed E-state index contributed by atoms with van der Waals surface area (Å²) in [6, 6.07) is 4.93. The Morgan fingerprint density at radius 2 is 2.14 bits per heavy atom. The summed E-state index contributed by atoms with van der Waals surface area (Å²) in [5.74, 6) is -4.13. The second-order valence-electron chi connectivity index (χ2n) is 6.01. The minimum absolute atomic E-state index is 0.0325. The van der Waals surface area contributed by atoms with E-state index in [1.54, 1.807) is 0 Å². The number of fused-ring (bicyclic) bond motifs is 1. The first-order chi connectivity index (χ1) is 13.9. The number of hydrogen-bond acceptors (Lipinski definition) is 8. The second-order valence-corrected chi connectivity index (χ2v) is 6.41. The van der Waals surface area contributed by atoms with Gasteiger partial charge in [0.15, 0.2) is 5.76 Å². The third-order valence-corrected chi connectivity index (χ3v) is 4.52. The Kier molecular flexibility index (Phi) is 6.21. The summed E-state index contributed by atoms with van der Waals surface area (Å²) in [5.41, 5.74) is 4.79. The molecule has 3 rings (SSSR count). The molecule has 10 heteroatoms. The highest BCUT2D eigenvalue weighted by Gasteiger charge is 2.41. The molecular formula is C19H17ClFNO7. The molecule has 29 heavy (non-hydrogen) atoms. The summed E-state index contributed by atoms with van der Waals surface area (Å²) < 4.78 is 35.5. The van der Waals surface area contributed by atoms with Gasteiger partial charge in [0.2, 0.25) is 17.1 Å². The van der Waals surface area contributed by atoms with E-state index in [9.17, 15) is 19.1 Å². The average molecular weight is 426 g/mol. The second kappa shape index (κ2) is 8.64. The van der Waals surface area contributed by atoms with Crippen LogP contribution in [0.25, 0.3) is 0 Å². The monoisotopic (exact) mass is 425 g/mol. The Labute approximate surface area is 169 Å². The van der Waals surface area contributed by atoms with E-state index < -0.39 is 35.6 Å². The van der Waals surface area contributed by atoms with Crippen molar-refractivity contribution in [1.82, 2.24) is 0 Å². The van der Waals surface area contributed by atoms with Gasteiger partial charge in [0, 0.05) is 23.8 Å². The van der Waals surface area contributed by atoms with Crippen molar-refractivity contribution in [1.29, 1.82) is 0 Å². The van der Waals surface area contributed by atoms with Gasteiger partial charge >= 0.3 is 5.97 Å². The van der Waals surface area contributed by atoms with Crippen LogP contribution in [0.4, 0.5) is 4.39 Å². The first-order valence-electron chi connectivity index (χ1n) is 8.44. The lowest BCUT2D eigenvalue weighted by Gasteiger charge is -2.27. The number of carbonyl (C=O) groups excluding carboxylic acids is 1. The fourth-order valence-electron chi connectivity index (χ4n) is 2.93. The van der Waals surface area contributed by atoms with Gasteiger partial charge in [-0.25, -0.2) is 9.18 Å². The molecule has 8 nitrogen and oxygen atoms in total. The van der Waals surface area contributed by atoms with Gasteiger partial charge in [0.25, 0.3) is 0 Å². The van der Waals surface area contributed by atoms with E-state index in [2.05, 4.69) is 0 Å². The molecule has 0 radical (unpaired) electrons. The molecule has 0 fully saturated rings. The number of nitrogens with two attached hydrogens (primary N) is 1. The number of methoxy groups -OCH3 is 1. The molecule has 0 saturated heterocycles. The molecular weight excluding hydrogens is 409 g/mol. The van der Waals surface area contributed by atoms with E-state index in [1.165, 1.54) is 19.2 Å². The van der Waals surface area contributed by atoms with E-state index in [1.807, 2.05) is 0 Å². The number of esters is 1. The Morgan fingerprint density at radius 3 is 2.79 bits per heavy atom. The van der Waals surface area contributed by atoms with Gasteiger partial charge in [0.05, 0.1) is 12.5 Å². The van der Waals surface area contributed by atoms with E-state index in [-0.39, 0.29) is 46.6 Å². The van der Waals surface area contributed by atoms with Crippen LogP contribution in [0, 0.1) is 5.82 Å². The minimum Gasteiger partial charge on any atom is -0.460 e. The van der Waals surface area contributed by atoms with Crippen LogP contribution in [-0.2, 0) is 20.9 Å². The van der Waals surface area contributed by atoms with Crippen LogP contribution >= 0.6 is 11.6 Å². The van der Waals surface area contributed by atoms with Crippen molar-refractivity contribution in [3.8, 4) is 5.75 Å². The van der Waals surface area contributed by atoms with Crippen molar-refractivity contribution < 1.29 is 32.9 Å². The van der Waals surface area contributed by atoms with Crippen molar-refractivity contribution in [3.05, 3.63) is 73.9 Å². The number of carbonyl (C=O) groups is 1.